The van der Waals surface area contributed by atoms with Gasteiger partial charge in [0.2, 0.25) is 0 Å². The standard InChI is InChI=1S/C31H40Cl2N2O4/c1-20(2)8-6-9-21(3)10-11-22-16-24-27(19-31(22,4)5)35(14-7-15-36)29(37)18-28(24)39-30(38)34-23-12-13-25(32)26(33)17-23/h8,10,12-13,17-18,22,36H,6-7,9,11,14-16,19H2,1-5H3,(H,34,38)/b21-10+. The van der Waals surface area contributed by atoms with Crippen LogP contribution in [0.4, 0.5) is 10.5 Å². The molecule has 0 aliphatic heterocycles. The van der Waals surface area contributed by atoms with Crippen LogP contribution in [0.1, 0.15) is 71.6 Å². The number of rotatable bonds is 10. The van der Waals surface area contributed by atoms with E-state index in [1.54, 1.807) is 16.7 Å². The Morgan fingerprint density at radius 3 is 2.59 bits per heavy atom. The summed E-state index contributed by atoms with van der Waals surface area (Å²) in [6.45, 7) is 11.3. The highest BCUT2D eigenvalue weighted by atomic mass is 35.5. The van der Waals surface area contributed by atoms with Crippen molar-refractivity contribution in [1.82, 2.24) is 4.57 Å². The maximum absolute atomic E-state index is 13.1. The predicted molar refractivity (Wildman–Crippen MR) is 160 cm³/mol. The molecule has 6 nitrogen and oxygen atoms in total. The van der Waals surface area contributed by atoms with E-state index in [1.807, 2.05) is 0 Å². The third kappa shape index (κ3) is 8.47. The van der Waals surface area contributed by atoms with Crippen LogP contribution in [0.25, 0.3) is 0 Å². The van der Waals surface area contributed by atoms with E-state index in [0.29, 0.717) is 47.5 Å². The smallest absolute Gasteiger partial charge is 0.410 e. The highest BCUT2D eigenvalue weighted by molar-refractivity contribution is 6.42. The van der Waals surface area contributed by atoms with Gasteiger partial charge in [-0.15, -0.1) is 0 Å². The van der Waals surface area contributed by atoms with Crippen molar-refractivity contribution in [3.8, 4) is 5.75 Å². The zero-order valence-corrected chi connectivity index (χ0v) is 25.1. The summed E-state index contributed by atoms with van der Waals surface area (Å²) in [6, 6.07) is 6.15. The van der Waals surface area contributed by atoms with Crippen LogP contribution in [0.5, 0.6) is 5.75 Å². The zero-order chi connectivity index (χ0) is 28.7. The van der Waals surface area contributed by atoms with Crippen LogP contribution < -0.4 is 15.6 Å². The summed E-state index contributed by atoms with van der Waals surface area (Å²) in [7, 11) is 0. The number of pyridine rings is 1. The number of benzene rings is 1. The second kappa shape index (κ2) is 13.7. The molecule has 212 valence electrons. The van der Waals surface area contributed by atoms with E-state index in [9.17, 15) is 14.7 Å². The summed E-state index contributed by atoms with van der Waals surface area (Å²) >= 11 is 12.1. The third-order valence-electron chi connectivity index (χ3n) is 7.42. The number of aromatic nitrogens is 1. The molecule has 1 heterocycles. The van der Waals surface area contributed by atoms with Crippen molar-refractivity contribution in [3.63, 3.8) is 0 Å². The van der Waals surface area contributed by atoms with Gasteiger partial charge >= 0.3 is 6.09 Å². The van der Waals surface area contributed by atoms with Gasteiger partial charge in [-0.1, -0.05) is 60.3 Å². The van der Waals surface area contributed by atoms with Gasteiger partial charge in [-0.05, 0) is 88.8 Å². The minimum absolute atomic E-state index is 0.00560. The average molecular weight is 576 g/mol. The van der Waals surface area contributed by atoms with Crippen LogP contribution >= 0.6 is 23.2 Å². The van der Waals surface area contributed by atoms with Crippen molar-refractivity contribution < 1.29 is 14.6 Å². The number of nitrogens with zero attached hydrogens (tertiary/aromatic N) is 1. The molecule has 0 bridgehead atoms. The lowest BCUT2D eigenvalue weighted by atomic mass is 9.66. The summed E-state index contributed by atoms with van der Waals surface area (Å²) in [4.78, 5) is 26.0. The maximum Gasteiger partial charge on any atom is 0.417 e. The van der Waals surface area contributed by atoms with Gasteiger partial charge in [-0.2, -0.15) is 0 Å². The first kappa shape index (κ1) is 31.0. The number of anilines is 1. The van der Waals surface area contributed by atoms with Gasteiger partial charge in [-0.3, -0.25) is 10.1 Å². The number of aliphatic hydroxyl groups is 1. The van der Waals surface area contributed by atoms with Crippen molar-refractivity contribution in [2.45, 2.75) is 79.7 Å². The van der Waals surface area contributed by atoms with Gasteiger partial charge in [0, 0.05) is 36.2 Å². The normalized spacial score (nSPS) is 16.4. The number of amides is 1. The fourth-order valence-corrected chi connectivity index (χ4v) is 5.35. The third-order valence-corrected chi connectivity index (χ3v) is 8.16. The highest BCUT2D eigenvalue weighted by Gasteiger charge is 2.38. The Bertz CT molecular complexity index is 1310. The van der Waals surface area contributed by atoms with Gasteiger partial charge in [0.05, 0.1) is 10.0 Å². The molecule has 8 heteroatoms. The van der Waals surface area contributed by atoms with Crippen LogP contribution in [0.15, 0.2) is 52.4 Å². The Morgan fingerprint density at radius 1 is 1.18 bits per heavy atom. The van der Waals surface area contributed by atoms with Crippen LogP contribution in [-0.2, 0) is 19.4 Å². The molecular weight excluding hydrogens is 535 g/mol. The molecule has 1 aliphatic rings. The molecule has 3 rings (SSSR count). The average Bonchev–Trinajstić information content (AvgIpc) is 2.84. The lowest BCUT2D eigenvalue weighted by molar-refractivity contribution is 0.182. The van der Waals surface area contributed by atoms with Gasteiger partial charge in [0.25, 0.3) is 5.56 Å². The topological polar surface area (TPSA) is 80.6 Å². The Balaban J connectivity index is 1.90. The quantitative estimate of drug-likeness (QED) is 0.282. The number of carbonyl (C=O) groups excluding carboxylic acids is 1. The Morgan fingerprint density at radius 2 is 1.92 bits per heavy atom. The number of hydrogen-bond donors (Lipinski definition) is 2. The van der Waals surface area contributed by atoms with Crippen molar-refractivity contribution in [3.05, 3.63) is 79.2 Å². The molecule has 1 aromatic heterocycles. The van der Waals surface area contributed by atoms with Crippen molar-refractivity contribution in [2.24, 2.45) is 11.3 Å². The predicted octanol–water partition coefficient (Wildman–Crippen LogP) is 7.97. The molecule has 1 atom stereocenters. The number of nitrogens with one attached hydrogen (secondary N) is 1. The van der Waals surface area contributed by atoms with Crippen LogP contribution in [0.2, 0.25) is 10.0 Å². The van der Waals surface area contributed by atoms with Crippen LogP contribution in [0, 0.1) is 11.3 Å². The Kier molecular flexibility index (Phi) is 10.9. The van der Waals surface area contributed by atoms with Crippen molar-refractivity contribution >= 4 is 35.0 Å². The first-order valence-corrected chi connectivity index (χ1v) is 14.3. The second-order valence-corrected chi connectivity index (χ2v) is 12.1. The Hall–Kier alpha value is -2.54. The molecule has 0 spiro atoms. The lowest BCUT2D eigenvalue weighted by Gasteiger charge is -2.41. The molecule has 1 aliphatic carbocycles. The molecule has 1 unspecified atom stereocenters. The van der Waals surface area contributed by atoms with E-state index in [-0.39, 0.29) is 23.3 Å². The first-order chi connectivity index (χ1) is 18.4. The summed E-state index contributed by atoms with van der Waals surface area (Å²) in [5.41, 5.74) is 4.56. The highest BCUT2D eigenvalue weighted by Crippen LogP contribution is 2.44. The molecule has 2 N–H and O–H groups in total. The largest absolute Gasteiger partial charge is 0.417 e. The summed E-state index contributed by atoms with van der Waals surface area (Å²) in [5.74, 6) is 0.574. The first-order valence-electron chi connectivity index (χ1n) is 13.5. The minimum Gasteiger partial charge on any atom is -0.410 e. The SMILES string of the molecule is CC(C)=CCC/C(C)=C/CC1Cc2c(OC(=O)Nc3ccc(Cl)c(Cl)c3)cc(=O)n(CCCO)c2CC1(C)C. The number of halogens is 2. The number of carbonyl (C=O) groups is 1. The Labute approximate surface area is 241 Å². The fourth-order valence-electron chi connectivity index (χ4n) is 5.05. The molecule has 1 aromatic carbocycles. The molecule has 0 radical (unpaired) electrons. The molecule has 2 aromatic rings. The maximum atomic E-state index is 13.1. The number of ether oxygens (including phenoxy) is 1. The van der Waals surface area contributed by atoms with E-state index < -0.39 is 6.09 Å². The zero-order valence-electron chi connectivity index (χ0n) is 23.6. The molecular formula is C31H40Cl2N2O4. The number of aliphatic hydroxyl groups excluding tert-OH is 1. The molecule has 39 heavy (non-hydrogen) atoms. The van der Waals surface area contributed by atoms with Crippen LogP contribution in [0.3, 0.4) is 0 Å². The number of fused-ring (bicyclic) bond motifs is 1. The number of hydrogen-bond acceptors (Lipinski definition) is 4. The minimum atomic E-state index is -0.709. The molecule has 0 saturated carbocycles. The summed E-state index contributed by atoms with van der Waals surface area (Å²) < 4.78 is 7.46. The van der Waals surface area contributed by atoms with Gasteiger partial charge < -0.3 is 14.4 Å². The van der Waals surface area contributed by atoms with Crippen molar-refractivity contribution in [2.75, 3.05) is 11.9 Å². The van der Waals surface area contributed by atoms with Gasteiger partial charge in [0.1, 0.15) is 5.75 Å². The van der Waals surface area contributed by atoms with Gasteiger partial charge in [0.15, 0.2) is 0 Å². The van der Waals surface area contributed by atoms with E-state index in [2.05, 4.69) is 52.1 Å². The monoisotopic (exact) mass is 574 g/mol. The fraction of sp³-hybridized carbons (Fsp3) is 0.484. The molecule has 1 amide bonds. The summed E-state index contributed by atoms with van der Waals surface area (Å²) in [6.07, 6.45) is 8.66. The van der Waals surface area contributed by atoms with E-state index in [4.69, 9.17) is 27.9 Å². The molecule has 0 saturated heterocycles. The van der Waals surface area contributed by atoms with Crippen LogP contribution in [-0.4, -0.2) is 22.4 Å². The lowest BCUT2D eigenvalue weighted by Crippen LogP contribution is -2.38. The van der Waals surface area contributed by atoms with E-state index >= 15 is 0 Å². The van der Waals surface area contributed by atoms with Gasteiger partial charge in [-0.25, -0.2) is 4.79 Å². The van der Waals surface area contributed by atoms with E-state index in [0.717, 1.165) is 30.5 Å². The van der Waals surface area contributed by atoms with E-state index in [1.165, 1.54) is 23.3 Å². The number of allylic oxidation sites excluding steroid dienone is 4. The van der Waals surface area contributed by atoms with Crippen molar-refractivity contribution in [1.29, 1.82) is 0 Å². The second-order valence-electron chi connectivity index (χ2n) is 11.3. The summed E-state index contributed by atoms with van der Waals surface area (Å²) in [5, 5.41) is 12.8. The molecule has 0 fully saturated rings.